The molecule has 0 amide bonds. The van der Waals surface area contributed by atoms with E-state index in [1.165, 1.54) is 16.0 Å². The van der Waals surface area contributed by atoms with Crippen molar-refractivity contribution >= 4 is 31.8 Å². The fraction of sp³-hybridized carbons (Fsp3) is 0.467. The second-order valence-electron chi connectivity index (χ2n) is 5.29. The average molecular weight is 318 g/mol. The van der Waals surface area contributed by atoms with Crippen LogP contribution >= 0.6 is 11.3 Å². The molecule has 0 unspecified atom stereocenters. The Hall–Kier alpha value is -1.86. The van der Waals surface area contributed by atoms with Crippen molar-refractivity contribution in [3.8, 4) is 0 Å². The van der Waals surface area contributed by atoms with Crippen LogP contribution < -0.4 is 5.56 Å². The summed E-state index contributed by atoms with van der Waals surface area (Å²) in [5, 5.41) is 9.25. The predicted octanol–water partition coefficient (Wildman–Crippen LogP) is 2.66. The zero-order valence-electron chi connectivity index (χ0n) is 12.9. The first-order valence-electron chi connectivity index (χ1n) is 7.31. The molecule has 0 saturated heterocycles. The zero-order chi connectivity index (χ0) is 15.7. The van der Waals surface area contributed by atoms with Crippen LogP contribution in [0, 0.1) is 6.92 Å². The molecule has 0 bridgehead atoms. The van der Waals surface area contributed by atoms with Crippen LogP contribution in [-0.4, -0.2) is 27.1 Å². The first-order valence-corrected chi connectivity index (χ1v) is 8.12. The number of aryl methyl sites for hydroxylation is 2. The molecule has 0 aliphatic rings. The van der Waals surface area contributed by atoms with Gasteiger partial charge < -0.3 is 4.74 Å². The highest BCUT2D eigenvalue weighted by atomic mass is 32.1. The van der Waals surface area contributed by atoms with E-state index in [0.29, 0.717) is 23.4 Å². The summed E-state index contributed by atoms with van der Waals surface area (Å²) in [7, 11) is 1.65. The molecular formula is C15H18N4O2S. The third kappa shape index (κ3) is 2.50. The molecule has 0 atom stereocenters. The lowest BCUT2D eigenvalue weighted by molar-refractivity contribution is 0.186. The maximum atomic E-state index is 12.6. The van der Waals surface area contributed by atoms with E-state index in [1.54, 1.807) is 7.11 Å². The molecule has 3 aromatic rings. The number of thiophene rings is 1. The molecule has 0 aliphatic carbocycles. The summed E-state index contributed by atoms with van der Waals surface area (Å²) in [4.78, 5) is 17.9. The SMILES string of the molecule is CCCCn1nnc2c(sc3nc(C)cc(COC)c32)c1=O. The van der Waals surface area contributed by atoms with Crippen LogP contribution in [0.5, 0.6) is 0 Å². The van der Waals surface area contributed by atoms with E-state index >= 15 is 0 Å². The molecule has 0 radical (unpaired) electrons. The van der Waals surface area contributed by atoms with Crippen molar-refractivity contribution in [2.75, 3.05) is 7.11 Å². The number of fused-ring (bicyclic) bond motifs is 3. The van der Waals surface area contributed by atoms with Gasteiger partial charge in [0.15, 0.2) is 0 Å². The summed E-state index contributed by atoms with van der Waals surface area (Å²) in [5.41, 5.74) is 2.46. The summed E-state index contributed by atoms with van der Waals surface area (Å²) in [6.45, 7) is 5.09. The minimum absolute atomic E-state index is 0.0810. The fourth-order valence-electron chi connectivity index (χ4n) is 2.52. The van der Waals surface area contributed by atoms with Crippen molar-refractivity contribution < 1.29 is 4.74 Å². The van der Waals surface area contributed by atoms with E-state index in [-0.39, 0.29) is 5.56 Å². The smallest absolute Gasteiger partial charge is 0.287 e. The van der Waals surface area contributed by atoms with Gasteiger partial charge in [-0.15, -0.1) is 16.4 Å². The Morgan fingerprint density at radius 1 is 1.41 bits per heavy atom. The molecule has 0 spiro atoms. The van der Waals surface area contributed by atoms with Crippen LogP contribution in [0.1, 0.15) is 31.0 Å². The minimum Gasteiger partial charge on any atom is -0.380 e. The molecule has 7 heteroatoms. The fourth-order valence-corrected chi connectivity index (χ4v) is 3.66. The Bertz CT molecular complexity index is 884. The quantitative estimate of drug-likeness (QED) is 0.723. The molecule has 0 aromatic carbocycles. The molecule has 3 aromatic heterocycles. The highest BCUT2D eigenvalue weighted by Crippen LogP contribution is 2.32. The lowest BCUT2D eigenvalue weighted by Crippen LogP contribution is -2.23. The van der Waals surface area contributed by atoms with E-state index in [0.717, 1.165) is 34.3 Å². The molecule has 0 N–H and O–H groups in total. The molecule has 3 heterocycles. The Morgan fingerprint density at radius 3 is 2.95 bits per heavy atom. The number of nitrogens with zero attached hydrogens (tertiary/aromatic N) is 4. The van der Waals surface area contributed by atoms with Gasteiger partial charge in [0.2, 0.25) is 0 Å². The summed E-state index contributed by atoms with van der Waals surface area (Å²) >= 11 is 1.39. The van der Waals surface area contributed by atoms with Gasteiger partial charge in [-0.25, -0.2) is 9.67 Å². The lowest BCUT2D eigenvalue weighted by atomic mass is 10.1. The van der Waals surface area contributed by atoms with E-state index < -0.39 is 0 Å². The molecule has 116 valence electrons. The van der Waals surface area contributed by atoms with Crippen molar-refractivity contribution in [1.29, 1.82) is 0 Å². The molecule has 0 aliphatic heterocycles. The summed E-state index contributed by atoms with van der Waals surface area (Å²) in [6.07, 6.45) is 1.93. The molecule has 22 heavy (non-hydrogen) atoms. The predicted molar refractivity (Wildman–Crippen MR) is 87.3 cm³/mol. The third-order valence-corrected chi connectivity index (χ3v) is 4.61. The van der Waals surface area contributed by atoms with E-state index in [1.807, 2.05) is 13.0 Å². The standard InChI is InChI=1S/C15H18N4O2S/c1-4-5-6-19-15(20)13-12(17-18-19)11-10(8-21-3)7-9(2)16-14(11)22-13/h7H,4-6,8H2,1-3H3. The first-order chi connectivity index (χ1) is 10.7. The third-order valence-electron chi connectivity index (χ3n) is 3.55. The van der Waals surface area contributed by atoms with Crippen molar-refractivity contribution in [2.45, 2.75) is 39.8 Å². The first kappa shape index (κ1) is 15.1. The number of methoxy groups -OCH3 is 1. The number of hydrogen-bond donors (Lipinski definition) is 0. The maximum absolute atomic E-state index is 12.6. The van der Waals surface area contributed by atoms with Gasteiger partial charge >= 0.3 is 0 Å². The second kappa shape index (κ2) is 6.10. The lowest BCUT2D eigenvalue weighted by Gasteiger charge is -2.04. The molecular weight excluding hydrogens is 300 g/mol. The van der Waals surface area contributed by atoms with Crippen LogP contribution in [0.15, 0.2) is 10.9 Å². The normalized spacial score (nSPS) is 11.6. The minimum atomic E-state index is -0.0810. The molecule has 3 rings (SSSR count). The summed E-state index contributed by atoms with van der Waals surface area (Å²) in [6, 6.07) is 1.97. The van der Waals surface area contributed by atoms with Crippen LogP contribution in [-0.2, 0) is 17.9 Å². The van der Waals surface area contributed by atoms with Gasteiger partial charge in [-0.3, -0.25) is 4.79 Å². The van der Waals surface area contributed by atoms with Crippen LogP contribution in [0.4, 0.5) is 0 Å². The van der Waals surface area contributed by atoms with E-state index in [2.05, 4.69) is 22.2 Å². The van der Waals surface area contributed by atoms with Crippen LogP contribution in [0.25, 0.3) is 20.4 Å². The second-order valence-corrected chi connectivity index (χ2v) is 6.29. The van der Waals surface area contributed by atoms with Gasteiger partial charge in [-0.2, -0.15) is 0 Å². The highest BCUT2D eigenvalue weighted by Gasteiger charge is 2.17. The van der Waals surface area contributed by atoms with Gasteiger partial charge in [-0.1, -0.05) is 18.6 Å². The number of hydrogen-bond acceptors (Lipinski definition) is 6. The van der Waals surface area contributed by atoms with Gasteiger partial charge in [-0.05, 0) is 25.0 Å². The number of ether oxygens (including phenoxy) is 1. The topological polar surface area (TPSA) is 69.9 Å². The summed E-state index contributed by atoms with van der Waals surface area (Å²) in [5.74, 6) is 0. The van der Waals surface area contributed by atoms with Crippen molar-refractivity contribution in [3.63, 3.8) is 0 Å². The van der Waals surface area contributed by atoms with Gasteiger partial charge in [0, 0.05) is 24.7 Å². The summed E-state index contributed by atoms with van der Waals surface area (Å²) < 4.78 is 7.33. The van der Waals surface area contributed by atoms with Crippen molar-refractivity contribution in [2.24, 2.45) is 0 Å². The highest BCUT2D eigenvalue weighted by molar-refractivity contribution is 7.25. The van der Waals surface area contributed by atoms with Gasteiger partial charge in [0.05, 0.1) is 6.61 Å². The van der Waals surface area contributed by atoms with Gasteiger partial charge in [0.25, 0.3) is 5.56 Å². The van der Waals surface area contributed by atoms with E-state index in [4.69, 9.17) is 4.74 Å². The zero-order valence-corrected chi connectivity index (χ0v) is 13.7. The van der Waals surface area contributed by atoms with Crippen molar-refractivity contribution in [3.05, 3.63) is 27.7 Å². The molecule has 6 nitrogen and oxygen atoms in total. The maximum Gasteiger partial charge on any atom is 0.287 e. The monoisotopic (exact) mass is 318 g/mol. The van der Waals surface area contributed by atoms with E-state index in [9.17, 15) is 4.79 Å². The Labute approximate surface area is 131 Å². The van der Waals surface area contributed by atoms with Crippen LogP contribution in [0.2, 0.25) is 0 Å². The Balaban J connectivity index is 2.28. The van der Waals surface area contributed by atoms with Gasteiger partial charge in [0.1, 0.15) is 15.0 Å². The number of rotatable bonds is 5. The largest absolute Gasteiger partial charge is 0.380 e. The average Bonchev–Trinajstić information content (AvgIpc) is 2.86. The van der Waals surface area contributed by atoms with Crippen molar-refractivity contribution in [1.82, 2.24) is 20.0 Å². The Morgan fingerprint density at radius 2 is 2.23 bits per heavy atom. The molecule has 0 saturated carbocycles. The number of unbranched alkanes of at least 4 members (excludes halogenated alkanes) is 1. The van der Waals surface area contributed by atoms with Crippen LogP contribution in [0.3, 0.4) is 0 Å². The Kier molecular flexibility index (Phi) is 4.17. The number of pyridine rings is 1. The molecule has 0 fully saturated rings. The number of aromatic nitrogens is 4.